The predicted octanol–water partition coefficient (Wildman–Crippen LogP) is 15.7. The Morgan fingerprint density at radius 1 is 0.362 bits per heavy atom. The van der Waals surface area contributed by atoms with E-state index in [2.05, 4.69) is 0 Å². The van der Waals surface area contributed by atoms with Crippen LogP contribution in [0.2, 0.25) is 0 Å². The van der Waals surface area contributed by atoms with Crippen molar-refractivity contribution in [2.45, 2.75) is 5.92 Å². The van der Waals surface area contributed by atoms with E-state index < -0.39 is 178 Å². The maximum Gasteiger partial charge on any atom is 0.143 e. The molecule has 0 saturated heterocycles. The smallest absolute Gasteiger partial charge is 0.143 e. The molecular weight excluding hydrogens is 701 g/mol. The van der Waals surface area contributed by atoms with Crippen LogP contribution >= 0.6 is 0 Å². The van der Waals surface area contributed by atoms with Crippen LogP contribution in [-0.4, -0.2) is 0 Å². The molecular formula is C57H38O. The van der Waals surface area contributed by atoms with Crippen molar-refractivity contribution in [3.8, 4) is 44.5 Å². The maximum atomic E-state index is 9.85. The van der Waals surface area contributed by atoms with E-state index in [1.807, 2.05) is 72.8 Å². The fourth-order valence-corrected chi connectivity index (χ4v) is 7.51. The lowest BCUT2D eigenvalue weighted by atomic mass is 9.83. The molecule has 0 saturated carbocycles. The molecule has 0 atom stereocenters. The largest absolute Gasteiger partial charge is 0.455 e. The van der Waals surface area contributed by atoms with Gasteiger partial charge < -0.3 is 4.42 Å². The van der Waals surface area contributed by atoms with Crippen molar-refractivity contribution in [3.05, 3.63) is 241 Å². The minimum absolute atomic E-state index is 0.181. The Hall–Kier alpha value is -7.48. The summed E-state index contributed by atoms with van der Waals surface area (Å²) in [7, 11) is 0. The zero-order valence-electron chi connectivity index (χ0n) is 52.1. The highest BCUT2D eigenvalue weighted by Gasteiger charge is 2.21. The van der Waals surface area contributed by atoms with Crippen LogP contribution in [0.25, 0.3) is 88.0 Å². The highest BCUT2D eigenvalue weighted by Crippen LogP contribution is 2.45. The van der Waals surface area contributed by atoms with E-state index in [1.165, 1.54) is 0 Å². The third-order valence-electron chi connectivity index (χ3n) is 10.2. The molecule has 58 heavy (non-hydrogen) atoms. The SMILES string of the molecule is [2H]c1c([2H])c([2H])c(-c2c([2H])c([2H])c(C(c3c([2H])c([2H])c(-c4c([2H])c([2H])c([2H])c([2H])c4[2H])c([2H])c3[2H])c3c([2H])c([2H])c(-c4cccc5oc6c7ccccc7c(-c7cccc8ccccc78)cc6c45)c([2H])c3[2H])c([2H])c2[2H])c([2H])c1[2H]. The summed E-state index contributed by atoms with van der Waals surface area (Å²) in [6.45, 7) is 0. The number of fused-ring (bicyclic) bond motifs is 6. The van der Waals surface area contributed by atoms with Gasteiger partial charge >= 0.3 is 0 Å². The molecule has 0 amide bonds. The van der Waals surface area contributed by atoms with Crippen molar-refractivity contribution >= 4 is 43.5 Å². The Morgan fingerprint density at radius 2 is 0.845 bits per heavy atom. The lowest BCUT2D eigenvalue weighted by molar-refractivity contribution is 0.673. The third-order valence-corrected chi connectivity index (χ3v) is 10.2. The maximum absolute atomic E-state index is 9.85. The fourth-order valence-electron chi connectivity index (χ4n) is 7.51. The zero-order valence-corrected chi connectivity index (χ0v) is 30.1. The van der Waals surface area contributed by atoms with Crippen LogP contribution < -0.4 is 0 Å². The summed E-state index contributed by atoms with van der Waals surface area (Å²) in [5.41, 5.74) is -2.91. The third kappa shape index (κ3) is 5.88. The van der Waals surface area contributed by atoms with Gasteiger partial charge in [-0.2, -0.15) is 0 Å². The Kier molecular flexibility index (Phi) is 4.46. The van der Waals surface area contributed by atoms with Crippen molar-refractivity contribution in [2.24, 2.45) is 0 Å². The van der Waals surface area contributed by atoms with Crippen molar-refractivity contribution < 1.29 is 34.6 Å². The second-order valence-electron chi connectivity index (χ2n) is 13.5. The average molecular weight is 761 g/mol. The molecule has 0 unspecified atom stereocenters. The number of furan rings is 1. The quantitative estimate of drug-likeness (QED) is 0.147. The van der Waals surface area contributed by atoms with Crippen molar-refractivity contribution in [1.82, 2.24) is 0 Å². The number of hydrogen-bond acceptors (Lipinski definition) is 1. The number of benzene rings is 10. The van der Waals surface area contributed by atoms with Gasteiger partial charge in [-0.1, -0.05) is 212 Å². The van der Waals surface area contributed by atoms with Crippen LogP contribution in [0.15, 0.2) is 228 Å². The first-order chi connectivity index (χ1) is 37.9. The van der Waals surface area contributed by atoms with Gasteiger partial charge in [-0.25, -0.2) is 0 Å². The molecule has 11 aromatic rings. The molecule has 1 aromatic heterocycles. The molecule has 1 heteroatoms. The summed E-state index contributed by atoms with van der Waals surface area (Å²) in [5, 5.41) is 4.52. The summed E-state index contributed by atoms with van der Waals surface area (Å²) >= 11 is 0. The van der Waals surface area contributed by atoms with E-state index in [4.69, 9.17) is 18.1 Å². The van der Waals surface area contributed by atoms with Crippen LogP contribution in [0.3, 0.4) is 0 Å². The van der Waals surface area contributed by atoms with E-state index in [9.17, 15) is 16.4 Å². The second kappa shape index (κ2) is 14.2. The normalized spacial score (nSPS) is 16.9. The van der Waals surface area contributed by atoms with Gasteiger partial charge in [0.25, 0.3) is 0 Å². The molecule has 272 valence electrons. The summed E-state index contributed by atoms with van der Waals surface area (Å²) in [6.07, 6.45) is 0. The first-order valence-corrected chi connectivity index (χ1v) is 18.2. The minimum Gasteiger partial charge on any atom is -0.455 e. The Balaban J connectivity index is 1.23. The molecule has 0 bridgehead atoms. The van der Waals surface area contributed by atoms with Gasteiger partial charge in [0.1, 0.15) is 11.2 Å². The predicted molar refractivity (Wildman–Crippen MR) is 244 cm³/mol. The zero-order chi connectivity index (χ0) is 57.6. The van der Waals surface area contributed by atoms with Crippen molar-refractivity contribution in [3.63, 3.8) is 0 Å². The van der Waals surface area contributed by atoms with E-state index in [1.54, 1.807) is 18.2 Å². The van der Waals surface area contributed by atoms with Crippen molar-refractivity contribution in [1.29, 1.82) is 0 Å². The topological polar surface area (TPSA) is 13.1 Å². The molecule has 11 rings (SSSR count). The Bertz CT molecular complexity index is 4300. The van der Waals surface area contributed by atoms with Crippen LogP contribution in [0.4, 0.5) is 0 Å². The summed E-state index contributed by atoms with van der Waals surface area (Å²) in [4.78, 5) is 0. The standard InChI is InChI=1S/C57H38O/c1-3-13-38(14-4-1)40-25-31-44(32-26-40)55(45-33-27-41(28-34-45)39-15-5-2-6-16-39)46-35-29-43(30-36-46)48-22-12-24-54-56(48)53-37-52(50-20-9-10-21-51(50)57(53)58-54)49-23-11-18-42-17-7-8-19-47(42)49/h1-37,55H/i1D,2D,3D,4D,5D,6D,13D,14D,15D,16D,25D,26D,27D,28D,29D,30D,31D,32D,33D,34D,35D,36D. The molecule has 0 aliphatic rings. The van der Waals surface area contributed by atoms with E-state index in [-0.39, 0.29) is 11.1 Å². The van der Waals surface area contributed by atoms with Crippen LogP contribution in [-0.2, 0) is 0 Å². The Labute approximate surface area is 369 Å². The average Bonchev–Trinajstić information content (AvgIpc) is 3.98. The van der Waals surface area contributed by atoms with Gasteiger partial charge in [0.05, 0.1) is 30.2 Å². The van der Waals surface area contributed by atoms with Crippen molar-refractivity contribution in [2.75, 3.05) is 0 Å². The first kappa shape index (κ1) is 18.2. The van der Waals surface area contributed by atoms with Gasteiger partial charge in [0, 0.05) is 22.1 Å². The van der Waals surface area contributed by atoms with E-state index in [0.29, 0.717) is 21.9 Å². The summed E-state index contributed by atoms with van der Waals surface area (Å²) in [5.74, 6) is -2.28. The van der Waals surface area contributed by atoms with Gasteiger partial charge in [0.15, 0.2) is 0 Å². The van der Waals surface area contributed by atoms with Gasteiger partial charge in [0.2, 0.25) is 0 Å². The molecule has 0 aliphatic heterocycles. The monoisotopic (exact) mass is 760 g/mol. The summed E-state index contributed by atoms with van der Waals surface area (Å²) in [6, 6.07) is 8.31. The number of rotatable bonds is 7. The van der Waals surface area contributed by atoms with Crippen LogP contribution in [0.5, 0.6) is 0 Å². The molecule has 0 fully saturated rings. The second-order valence-corrected chi connectivity index (χ2v) is 13.5. The highest BCUT2D eigenvalue weighted by atomic mass is 16.3. The summed E-state index contributed by atoms with van der Waals surface area (Å²) < 4.78 is 206. The minimum atomic E-state index is -2.28. The lowest BCUT2D eigenvalue weighted by Gasteiger charge is -2.20. The molecule has 1 nitrogen and oxygen atoms in total. The molecule has 0 N–H and O–H groups in total. The number of hydrogen-bond donors (Lipinski definition) is 0. The van der Waals surface area contributed by atoms with Gasteiger partial charge in [-0.15, -0.1) is 0 Å². The molecule has 0 aliphatic carbocycles. The first-order valence-electron chi connectivity index (χ1n) is 29.2. The molecule has 0 radical (unpaired) electrons. The molecule has 0 spiro atoms. The fraction of sp³-hybridized carbons (Fsp3) is 0.0175. The molecule has 10 aromatic carbocycles. The van der Waals surface area contributed by atoms with Gasteiger partial charge in [-0.3, -0.25) is 0 Å². The highest BCUT2D eigenvalue weighted by molar-refractivity contribution is 6.23. The Morgan fingerprint density at radius 3 is 1.47 bits per heavy atom. The van der Waals surface area contributed by atoms with Crippen LogP contribution in [0, 0.1) is 0 Å². The van der Waals surface area contributed by atoms with E-state index >= 15 is 0 Å². The van der Waals surface area contributed by atoms with E-state index in [0.717, 1.165) is 32.7 Å². The van der Waals surface area contributed by atoms with Crippen LogP contribution in [0.1, 0.15) is 52.8 Å². The molecule has 1 heterocycles. The van der Waals surface area contributed by atoms with Gasteiger partial charge in [-0.05, 0) is 89.5 Å². The lowest BCUT2D eigenvalue weighted by Crippen LogP contribution is -2.03.